The summed E-state index contributed by atoms with van der Waals surface area (Å²) < 4.78 is 2.62. The Morgan fingerprint density at radius 2 is 1.22 bits per heavy atom. The zero-order chi connectivity index (χ0) is 18.3. The Kier molecular flexibility index (Phi) is 29.9. The van der Waals surface area contributed by atoms with Crippen LogP contribution in [-0.2, 0) is 9.59 Å². The molecule has 0 unspecified atom stereocenters. The van der Waals surface area contributed by atoms with Crippen LogP contribution in [0, 0.1) is 0 Å². The summed E-state index contributed by atoms with van der Waals surface area (Å²) >= 11 is -0.235. The van der Waals surface area contributed by atoms with Crippen LogP contribution in [0.1, 0.15) is 39.5 Å². The Bertz CT molecular complexity index is 326. The molecule has 23 heavy (non-hydrogen) atoms. The van der Waals surface area contributed by atoms with Gasteiger partial charge in [-0.15, -0.1) is 0 Å². The van der Waals surface area contributed by atoms with Crippen molar-refractivity contribution < 1.29 is 19.8 Å². The third kappa shape index (κ3) is 44.9. The Hall–Kier alpha value is -1.18. The van der Waals surface area contributed by atoms with Crippen molar-refractivity contribution in [3.8, 4) is 0 Å². The van der Waals surface area contributed by atoms with Crippen LogP contribution in [-0.4, -0.2) is 36.2 Å². The molecule has 0 rings (SSSR count). The normalized spacial score (nSPS) is 9.13. The standard InChI is InChI=1S/2C6H10O2.2C3H5.Pb/c2*1-2-3-4-5-6(7)8;2*1-3-2;/h2*4-5H,2-3H2,1H3,(H,7,8);2*3H,1-2H2;/q;;;;+2/p-2. The largest absolute Gasteiger partial charge is 0.545 e. The topological polar surface area (TPSA) is 80.3 Å². The minimum atomic E-state index is -1.11. The quantitative estimate of drug-likeness (QED) is 0.193. The van der Waals surface area contributed by atoms with Crippen LogP contribution >= 0.6 is 0 Å². The van der Waals surface area contributed by atoms with Gasteiger partial charge in [0.2, 0.25) is 0 Å². The van der Waals surface area contributed by atoms with Gasteiger partial charge in [0.25, 0.3) is 0 Å². The first-order chi connectivity index (χ1) is 11.0. The molecule has 0 saturated heterocycles. The zero-order valence-electron chi connectivity index (χ0n) is 14.3. The molecule has 0 aromatic rings. The number of carboxylic acids is 2. The average Bonchev–Trinajstić information content (AvgIpc) is 2.49. The maximum Gasteiger partial charge on any atom is 0.0639 e. The van der Waals surface area contributed by atoms with Gasteiger partial charge < -0.3 is 19.8 Å². The molecular weight excluding hydrogens is 487 g/mol. The summed E-state index contributed by atoms with van der Waals surface area (Å²) in [6.45, 7) is 11.3. The SMILES string of the molecule is C=C[CH2][Pb+2][CH2]C=C.CCCC=CC(=O)[O-].CCCC=CC(=O)[O-]. The molecule has 0 heterocycles. The fourth-order valence-electron chi connectivity index (χ4n) is 0.980. The predicted molar refractivity (Wildman–Crippen MR) is 93.9 cm³/mol. The Labute approximate surface area is 152 Å². The first kappa shape index (κ1) is 26.7. The number of unbranched alkanes of at least 4 members (excludes halogenated alkanes) is 2. The van der Waals surface area contributed by atoms with E-state index in [4.69, 9.17) is 0 Å². The third-order valence-corrected chi connectivity index (χ3v) is 6.48. The van der Waals surface area contributed by atoms with Gasteiger partial charge in [0.1, 0.15) is 0 Å². The van der Waals surface area contributed by atoms with E-state index < -0.39 is 11.9 Å². The van der Waals surface area contributed by atoms with Crippen molar-refractivity contribution in [1.29, 1.82) is 0 Å². The van der Waals surface area contributed by atoms with E-state index in [9.17, 15) is 19.8 Å². The van der Waals surface area contributed by atoms with Gasteiger partial charge in [-0.1, -0.05) is 38.8 Å². The summed E-state index contributed by atoms with van der Waals surface area (Å²) in [6.07, 6.45) is 12.9. The molecule has 0 amide bonds. The summed E-state index contributed by atoms with van der Waals surface area (Å²) in [6, 6.07) is 0. The van der Waals surface area contributed by atoms with Crippen molar-refractivity contribution in [3.63, 3.8) is 0 Å². The van der Waals surface area contributed by atoms with E-state index in [1.807, 2.05) is 26.0 Å². The van der Waals surface area contributed by atoms with Gasteiger partial charge in [0.05, 0.1) is 11.9 Å². The van der Waals surface area contributed by atoms with Crippen molar-refractivity contribution in [3.05, 3.63) is 49.6 Å². The molecule has 0 bridgehead atoms. The number of allylic oxidation sites excluding steroid dienone is 4. The van der Waals surface area contributed by atoms with Crippen molar-refractivity contribution in [2.24, 2.45) is 0 Å². The van der Waals surface area contributed by atoms with Crippen LogP contribution < -0.4 is 10.2 Å². The maximum absolute atomic E-state index is 9.68. The minimum absolute atomic E-state index is 0.235. The van der Waals surface area contributed by atoms with Gasteiger partial charge in [-0.2, -0.15) is 0 Å². The predicted octanol–water partition coefficient (Wildman–Crippen LogP) is 2.08. The van der Waals surface area contributed by atoms with Crippen LogP contribution in [0.15, 0.2) is 49.6 Å². The van der Waals surface area contributed by atoms with Crippen LogP contribution in [0.4, 0.5) is 0 Å². The number of hydrogen-bond donors (Lipinski definition) is 0. The van der Waals surface area contributed by atoms with Crippen molar-refractivity contribution in [2.75, 3.05) is 0 Å². The molecule has 128 valence electrons. The van der Waals surface area contributed by atoms with E-state index in [0.29, 0.717) is 0 Å². The van der Waals surface area contributed by atoms with Crippen LogP contribution in [0.2, 0.25) is 7.96 Å². The van der Waals surface area contributed by atoms with Gasteiger partial charge in [-0.25, -0.2) is 0 Å². The second kappa shape index (κ2) is 25.8. The smallest absolute Gasteiger partial charge is 0.0639 e. The number of hydrogen-bond acceptors (Lipinski definition) is 4. The van der Waals surface area contributed by atoms with Crippen molar-refractivity contribution in [2.45, 2.75) is 47.5 Å². The molecule has 0 radical (unpaired) electrons. The molecule has 0 saturated carbocycles. The molecule has 0 atom stereocenters. The number of carboxylic acid groups (broad SMARTS) is 2. The second-order valence-corrected chi connectivity index (χ2v) is 9.37. The van der Waals surface area contributed by atoms with Crippen LogP contribution in [0.3, 0.4) is 0 Å². The Morgan fingerprint density at radius 1 is 0.870 bits per heavy atom. The summed E-state index contributed by atoms with van der Waals surface area (Å²) in [5, 5.41) is 19.4. The third-order valence-electron chi connectivity index (χ3n) is 2.00. The number of carbonyl (C=O) groups is 2. The zero-order valence-corrected chi connectivity index (χ0v) is 18.1. The first-order valence-corrected chi connectivity index (χ1v) is 13.1. The molecular formula is C18H28O4Pb. The van der Waals surface area contributed by atoms with Gasteiger partial charge >= 0.3 is 57.5 Å². The van der Waals surface area contributed by atoms with Gasteiger partial charge in [-0.05, 0) is 25.0 Å². The van der Waals surface area contributed by atoms with Crippen LogP contribution in [0.25, 0.3) is 0 Å². The Morgan fingerprint density at radius 3 is 1.43 bits per heavy atom. The molecule has 0 N–H and O–H groups in total. The molecule has 0 aromatic carbocycles. The molecule has 5 heteroatoms. The van der Waals surface area contributed by atoms with Crippen molar-refractivity contribution >= 4 is 36.2 Å². The molecule has 0 aliphatic carbocycles. The maximum atomic E-state index is 9.68. The van der Waals surface area contributed by atoms with Crippen LogP contribution in [0.5, 0.6) is 0 Å². The fourth-order valence-corrected chi connectivity index (χ4v) is 3.21. The number of aliphatic carboxylic acids is 2. The Balaban J connectivity index is -0.000000262. The summed E-state index contributed by atoms with van der Waals surface area (Å²) in [4.78, 5) is 19.4. The number of carbonyl (C=O) groups excluding carboxylic acids is 2. The summed E-state index contributed by atoms with van der Waals surface area (Å²) in [5.41, 5.74) is 0. The van der Waals surface area contributed by atoms with Gasteiger partial charge in [0.15, 0.2) is 0 Å². The summed E-state index contributed by atoms with van der Waals surface area (Å²) in [5.74, 6) is -2.23. The molecule has 0 fully saturated rings. The van der Waals surface area contributed by atoms with E-state index in [-0.39, 0.29) is 24.2 Å². The molecule has 4 nitrogen and oxygen atoms in total. The first-order valence-electron chi connectivity index (χ1n) is 7.63. The molecule has 0 aliphatic heterocycles. The minimum Gasteiger partial charge on any atom is -0.545 e. The van der Waals surface area contributed by atoms with E-state index >= 15 is 0 Å². The number of rotatable bonds is 10. The molecule has 0 aliphatic rings. The average molecular weight is 516 g/mol. The fraction of sp³-hybridized carbons (Fsp3) is 0.444. The van der Waals surface area contributed by atoms with Crippen molar-refractivity contribution in [1.82, 2.24) is 0 Å². The second-order valence-electron chi connectivity index (χ2n) is 4.26. The van der Waals surface area contributed by atoms with Gasteiger partial charge in [0, 0.05) is 0 Å². The summed E-state index contributed by atoms with van der Waals surface area (Å²) in [7, 11) is 0. The molecule has 0 aromatic heterocycles. The van der Waals surface area contributed by atoms with E-state index in [1.54, 1.807) is 12.2 Å². The van der Waals surface area contributed by atoms with E-state index in [1.165, 1.54) is 7.96 Å². The van der Waals surface area contributed by atoms with E-state index in [2.05, 4.69) is 13.2 Å². The molecule has 0 spiro atoms. The van der Waals surface area contributed by atoms with E-state index in [0.717, 1.165) is 37.8 Å². The monoisotopic (exact) mass is 516 g/mol. The van der Waals surface area contributed by atoms with Gasteiger partial charge in [-0.3, -0.25) is 0 Å².